The van der Waals surface area contributed by atoms with Gasteiger partial charge >= 0.3 is 0 Å². The standard InChI is InChI=1S/C15H17N3O5S2/c1-22-9-5-6-11(23-2)12(8-9)25(20,21)18-15-17-10-4-3-7-16-14(19)13(10)24-15/h5-6,8H,3-4,7H2,1-2H3,(H,16,19)(H,17,18). The molecule has 0 unspecified atom stereocenters. The monoisotopic (exact) mass is 383 g/mol. The molecule has 1 aromatic carbocycles. The number of carbonyl (C=O) groups excluding carboxylic acids is 1. The van der Waals surface area contributed by atoms with Gasteiger partial charge in [0.25, 0.3) is 15.9 Å². The number of hydrogen-bond acceptors (Lipinski definition) is 7. The molecule has 2 heterocycles. The van der Waals surface area contributed by atoms with Crippen LogP contribution in [0.25, 0.3) is 0 Å². The quantitative estimate of drug-likeness (QED) is 0.813. The number of hydrogen-bond donors (Lipinski definition) is 2. The predicted octanol–water partition coefficient (Wildman–Crippen LogP) is 1.64. The summed E-state index contributed by atoms with van der Waals surface area (Å²) < 4.78 is 38.1. The van der Waals surface area contributed by atoms with Crippen LogP contribution in [0, 0.1) is 0 Å². The van der Waals surface area contributed by atoms with Gasteiger partial charge in [-0.3, -0.25) is 9.52 Å². The fourth-order valence-corrected chi connectivity index (χ4v) is 4.79. The summed E-state index contributed by atoms with van der Waals surface area (Å²) in [4.78, 5) is 16.6. The molecule has 0 radical (unpaired) electrons. The average Bonchev–Trinajstić information content (AvgIpc) is 2.91. The summed E-state index contributed by atoms with van der Waals surface area (Å²) in [5.74, 6) is 0.342. The van der Waals surface area contributed by atoms with Crippen molar-refractivity contribution in [3.63, 3.8) is 0 Å². The number of methoxy groups -OCH3 is 2. The van der Waals surface area contributed by atoms with E-state index in [0.29, 0.717) is 29.3 Å². The molecule has 0 aliphatic carbocycles. The van der Waals surface area contributed by atoms with Gasteiger partial charge in [-0.05, 0) is 25.0 Å². The Morgan fingerprint density at radius 3 is 2.80 bits per heavy atom. The molecule has 0 fully saturated rings. The number of aryl methyl sites for hydroxylation is 1. The van der Waals surface area contributed by atoms with Gasteiger partial charge in [-0.2, -0.15) is 0 Å². The van der Waals surface area contributed by atoms with Gasteiger partial charge in [0.15, 0.2) is 5.13 Å². The van der Waals surface area contributed by atoms with E-state index >= 15 is 0 Å². The third-order valence-electron chi connectivity index (χ3n) is 3.66. The summed E-state index contributed by atoms with van der Waals surface area (Å²) in [6.07, 6.45) is 1.38. The third kappa shape index (κ3) is 3.54. The number of amides is 1. The van der Waals surface area contributed by atoms with Gasteiger partial charge in [0.1, 0.15) is 21.3 Å². The van der Waals surface area contributed by atoms with Gasteiger partial charge in [0, 0.05) is 12.6 Å². The molecule has 0 saturated heterocycles. The van der Waals surface area contributed by atoms with Crippen LogP contribution in [0.1, 0.15) is 21.8 Å². The zero-order valence-electron chi connectivity index (χ0n) is 13.7. The Bertz CT molecular complexity index is 908. The van der Waals surface area contributed by atoms with Crippen LogP contribution in [0.2, 0.25) is 0 Å². The van der Waals surface area contributed by atoms with Gasteiger partial charge in [-0.15, -0.1) is 0 Å². The number of aromatic nitrogens is 1. The Kier molecular flexibility index (Phi) is 4.82. The molecule has 1 aliphatic heterocycles. The summed E-state index contributed by atoms with van der Waals surface area (Å²) in [5, 5.41) is 2.90. The molecule has 134 valence electrons. The van der Waals surface area contributed by atoms with Crippen molar-refractivity contribution in [2.75, 3.05) is 25.5 Å². The molecular formula is C15H17N3O5S2. The first kappa shape index (κ1) is 17.5. The van der Waals surface area contributed by atoms with Crippen LogP contribution in [0.3, 0.4) is 0 Å². The smallest absolute Gasteiger partial charge is 0.267 e. The maximum absolute atomic E-state index is 12.7. The molecule has 1 aromatic heterocycles. The molecule has 8 nitrogen and oxygen atoms in total. The largest absolute Gasteiger partial charge is 0.497 e. The lowest BCUT2D eigenvalue weighted by atomic mass is 10.2. The van der Waals surface area contributed by atoms with Gasteiger partial charge in [-0.1, -0.05) is 11.3 Å². The highest BCUT2D eigenvalue weighted by atomic mass is 32.2. The molecule has 0 atom stereocenters. The number of nitrogens with one attached hydrogen (secondary N) is 2. The molecule has 3 rings (SSSR count). The van der Waals surface area contributed by atoms with Crippen molar-refractivity contribution in [2.45, 2.75) is 17.7 Å². The highest BCUT2D eigenvalue weighted by molar-refractivity contribution is 7.93. The topological polar surface area (TPSA) is 107 Å². The van der Waals surface area contributed by atoms with E-state index in [0.717, 1.165) is 17.8 Å². The summed E-state index contributed by atoms with van der Waals surface area (Å²) in [6.45, 7) is 0.587. The van der Waals surface area contributed by atoms with E-state index in [-0.39, 0.29) is 21.7 Å². The number of carbonyl (C=O) groups is 1. The van der Waals surface area contributed by atoms with Crippen LogP contribution in [0.4, 0.5) is 5.13 Å². The van der Waals surface area contributed by atoms with Crippen LogP contribution < -0.4 is 19.5 Å². The van der Waals surface area contributed by atoms with E-state index in [2.05, 4.69) is 15.0 Å². The van der Waals surface area contributed by atoms with Crippen molar-refractivity contribution in [3.05, 3.63) is 28.8 Å². The molecular weight excluding hydrogens is 366 g/mol. The van der Waals surface area contributed by atoms with Crippen molar-refractivity contribution in [1.29, 1.82) is 0 Å². The lowest BCUT2D eigenvalue weighted by molar-refractivity contribution is 0.0960. The minimum atomic E-state index is -3.95. The second-order valence-corrected chi connectivity index (χ2v) is 7.93. The number of ether oxygens (including phenoxy) is 2. The van der Waals surface area contributed by atoms with Gasteiger partial charge in [-0.25, -0.2) is 13.4 Å². The Hall–Kier alpha value is -2.33. The lowest BCUT2D eigenvalue weighted by Gasteiger charge is -2.11. The molecule has 0 bridgehead atoms. The first-order chi connectivity index (χ1) is 11.9. The molecule has 10 heteroatoms. The number of anilines is 1. The molecule has 1 amide bonds. The zero-order chi connectivity index (χ0) is 18.0. The van der Waals surface area contributed by atoms with Crippen LogP contribution in [-0.2, 0) is 16.4 Å². The third-order valence-corrected chi connectivity index (χ3v) is 6.16. The molecule has 2 aromatic rings. The Morgan fingerprint density at radius 1 is 1.28 bits per heavy atom. The number of fused-ring (bicyclic) bond motifs is 1. The van der Waals surface area contributed by atoms with E-state index in [9.17, 15) is 13.2 Å². The van der Waals surface area contributed by atoms with E-state index in [1.165, 1.54) is 26.4 Å². The van der Waals surface area contributed by atoms with E-state index in [1.54, 1.807) is 6.07 Å². The molecule has 25 heavy (non-hydrogen) atoms. The second-order valence-electron chi connectivity index (χ2n) is 5.28. The lowest BCUT2D eigenvalue weighted by Crippen LogP contribution is -2.21. The predicted molar refractivity (Wildman–Crippen MR) is 93.1 cm³/mol. The van der Waals surface area contributed by atoms with Crippen molar-refractivity contribution in [2.24, 2.45) is 0 Å². The summed E-state index contributed by atoms with van der Waals surface area (Å²) in [6, 6.07) is 4.48. The van der Waals surface area contributed by atoms with Gasteiger partial charge in [0.05, 0.1) is 19.9 Å². The van der Waals surface area contributed by atoms with Gasteiger partial charge < -0.3 is 14.8 Å². The highest BCUT2D eigenvalue weighted by Gasteiger charge is 2.25. The van der Waals surface area contributed by atoms with Crippen molar-refractivity contribution in [1.82, 2.24) is 10.3 Å². The van der Waals surface area contributed by atoms with Crippen LogP contribution in [-0.4, -0.2) is 40.1 Å². The molecule has 2 N–H and O–H groups in total. The zero-order valence-corrected chi connectivity index (χ0v) is 15.3. The Labute approximate surface area is 149 Å². The van der Waals surface area contributed by atoms with Crippen molar-refractivity contribution >= 4 is 32.4 Å². The van der Waals surface area contributed by atoms with E-state index < -0.39 is 10.0 Å². The van der Waals surface area contributed by atoms with Gasteiger partial charge in [0.2, 0.25) is 0 Å². The number of thiazole rings is 1. The van der Waals surface area contributed by atoms with E-state index in [4.69, 9.17) is 9.47 Å². The maximum Gasteiger partial charge on any atom is 0.267 e. The second kappa shape index (κ2) is 6.89. The first-order valence-corrected chi connectivity index (χ1v) is 9.77. The summed E-state index contributed by atoms with van der Waals surface area (Å²) in [7, 11) is -1.12. The minimum Gasteiger partial charge on any atom is -0.497 e. The number of sulfonamides is 1. The van der Waals surface area contributed by atoms with Crippen LogP contribution in [0.5, 0.6) is 11.5 Å². The number of nitrogens with zero attached hydrogens (tertiary/aromatic N) is 1. The Morgan fingerprint density at radius 2 is 2.08 bits per heavy atom. The van der Waals surface area contributed by atoms with E-state index in [1.807, 2.05) is 0 Å². The summed E-state index contributed by atoms with van der Waals surface area (Å²) in [5.41, 5.74) is 0.607. The van der Waals surface area contributed by atoms with Crippen LogP contribution in [0.15, 0.2) is 23.1 Å². The average molecular weight is 383 g/mol. The maximum atomic E-state index is 12.7. The fourth-order valence-electron chi connectivity index (χ4n) is 2.44. The Balaban J connectivity index is 1.95. The normalized spacial score (nSPS) is 14.2. The fraction of sp³-hybridized carbons (Fsp3) is 0.333. The number of rotatable bonds is 5. The summed E-state index contributed by atoms with van der Waals surface area (Å²) >= 11 is 1.02. The molecule has 0 saturated carbocycles. The first-order valence-electron chi connectivity index (χ1n) is 7.47. The highest BCUT2D eigenvalue weighted by Crippen LogP contribution is 2.32. The minimum absolute atomic E-state index is 0.0656. The molecule has 1 aliphatic rings. The SMILES string of the molecule is COc1ccc(OC)c(S(=O)(=O)Nc2nc3c(s2)C(=O)NCCC3)c1. The van der Waals surface area contributed by atoms with Crippen LogP contribution >= 0.6 is 11.3 Å². The van der Waals surface area contributed by atoms with Crippen molar-refractivity contribution in [3.8, 4) is 11.5 Å². The number of benzene rings is 1. The van der Waals surface area contributed by atoms with Crippen molar-refractivity contribution < 1.29 is 22.7 Å². The molecule has 0 spiro atoms.